The molecule has 0 radical (unpaired) electrons. The van der Waals surface area contributed by atoms with E-state index in [1.54, 1.807) is 0 Å². The number of nitrogens with zero attached hydrogens (tertiary/aromatic N) is 1. The lowest BCUT2D eigenvalue weighted by Crippen LogP contribution is -2.04. The van der Waals surface area contributed by atoms with Gasteiger partial charge in [0.15, 0.2) is 0 Å². The maximum atomic E-state index is 13.6. The summed E-state index contributed by atoms with van der Waals surface area (Å²) in [6.45, 7) is 0.412. The second-order valence-corrected chi connectivity index (χ2v) is 5.57. The molecule has 2 aromatic carbocycles. The average Bonchev–Trinajstić information content (AvgIpc) is 2.85. The monoisotopic (exact) mass is 318 g/mol. The Morgan fingerprint density at radius 2 is 2.05 bits per heavy atom. The Labute approximate surface area is 133 Å². The zero-order valence-corrected chi connectivity index (χ0v) is 12.9. The Morgan fingerprint density at radius 3 is 2.82 bits per heavy atom. The summed E-state index contributed by atoms with van der Waals surface area (Å²) in [4.78, 5) is 0. The van der Waals surface area contributed by atoms with Crippen molar-refractivity contribution in [1.82, 2.24) is 4.57 Å². The largest absolute Gasteiger partial charge is 0.457 e. The van der Waals surface area contributed by atoms with Crippen LogP contribution in [0.15, 0.2) is 42.6 Å². The Balaban J connectivity index is 1.98. The van der Waals surface area contributed by atoms with Gasteiger partial charge < -0.3 is 15.0 Å². The van der Waals surface area contributed by atoms with Gasteiger partial charge in [0.25, 0.3) is 0 Å². The molecule has 2 N–H and O–H groups in total. The first-order valence-corrected chi connectivity index (χ1v) is 7.37. The third-order valence-corrected chi connectivity index (χ3v) is 3.89. The third kappa shape index (κ3) is 2.80. The molecular formula is C17H16ClFN2O. The summed E-state index contributed by atoms with van der Waals surface area (Å²) < 4.78 is 21.5. The van der Waals surface area contributed by atoms with Gasteiger partial charge in [0.2, 0.25) is 0 Å². The van der Waals surface area contributed by atoms with E-state index in [9.17, 15) is 4.39 Å². The van der Waals surface area contributed by atoms with Crippen molar-refractivity contribution >= 4 is 22.5 Å². The molecule has 3 rings (SSSR count). The Morgan fingerprint density at radius 1 is 1.23 bits per heavy atom. The average molecular weight is 319 g/mol. The fourth-order valence-electron chi connectivity index (χ4n) is 2.47. The van der Waals surface area contributed by atoms with Crippen LogP contribution in [0.3, 0.4) is 0 Å². The Bertz CT molecular complexity index is 829. The lowest BCUT2D eigenvalue weighted by molar-refractivity contribution is 0.474. The molecule has 1 heterocycles. The first-order valence-electron chi connectivity index (χ1n) is 6.99. The van der Waals surface area contributed by atoms with E-state index in [1.807, 2.05) is 42.1 Å². The van der Waals surface area contributed by atoms with Crippen LogP contribution in [0.2, 0.25) is 5.02 Å². The number of hydrogen-bond donors (Lipinski definition) is 1. The molecule has 3 nitrogen and oxygen atoms in total. The summed E-state index contributed by atoms with van der Waals surface area (Å²) >= 11 is 5.86. The number of halogens is 2. The summed E-state index contributed by atoms with van der Waals surface area (Å²) in [5.74, 6) is 0.753. The van der Waals surface area contributed by atoms with Gasteiger partial charge in [0, 0.05) is 30.2 Å². The number of rotatable bonds is 4. The van der Waals surface area contributed by atoms with E-state index < -0.39 is 5.82 Å². The van der Waals surface area contributed by atoms with Gasteiger partial charge >= 0.3 is 0 Å². The van der Waals surface area contributed by atoms with Crippen LogP contribution >= 0.6 is 11.6 Å². The maximum Gasteiger partial charge on any atom is 0.142 e. The number of hydrogen-bond acceptors (Lipinski definition) is 2. The Hall–Kier alpha value is -2.04. The normalized spacial score (nSPS) is 11.1. The number of fused-ring (bicyclic) bond motifs is 1. The highest BCUT2D eigenvalue weighted by Crippen LogP contribution is 2.32. The van der Waals surface area contributed by atoms with Gasteiger partial charge in [0.1, 0.15) is 17.3 Å². The van der Waals surface area contributed by atoms with Crippen LogP contribution in [0.25, 0.3) is 10.9 Å². The minimum atomic E-state index is -0.462. The van der Waals surface area contributed by atoms with E-state index in [0.29, 0.717) is 30.0 Å². The molecule has 0 bridgehead atoms. The molecule has 22 heavy (non-hydrogen) atoms. The quantitative estimate of drug-likeness (QED) is 0.780. The molecule has 0 saturated heterocycles. The van der Waals surface area contributed by atoms with Gasteiger partial charge in [-0.15, -0.1) is 0 Å². The third-order valence-electron chi connectivity index (χ3n) is 3.60. The lowest BCUT2D eigenvalue weighted by atomic mass is 10.1. The predicted octanol–water partition coefficient (Wildman–Crippen LogP) is 4.26. The highest BCUT2D eigenvalue weighted by atomic mass is 35.5. The number of aromatic nitrogens is 1. The molecular weight excluding hydrogens is 303 g/mol. The minimum Gasteiger partial charge on any atom is -0.457 e. The van der Waals surface area contributed by atoms with E-state index in [1.165, 1.54) is 12.1 Å². The van der Waals surface area contributed by atoms with E-state index in [-0.39, 0.29) is 5.02 Å². The molecule has 0 spiro atoms. The molecule has 0 atom stereocenters. The minimum absolute atomic E-state index is 0.0385. The number of benzene rings is 2. The fourth-order valence-corrected chi connectivity index (χ4v) is 2.62. The number of nitrogens with two attached hydrogens (primary N) is 1. The molecule has 5 heteroatoms. The lowest BCUT2D eigenvalue weighted by Gasteiger charge is -2.12. The van der Waals surface area contributed by atoms with Gasteiger partial charge in [-0.2, -0.15) is 0 Å². The summed E-state index contributed by atoms with van der Waals surface area (Å²) in [7, 11) is 1.99. The first-order chi connectivity index (χ1) is 10.6. The van der Waals surface area contributed by atoms with Gasteiger partial charge in [-0.1, -0.05) is 11.6 Å². The van der Waals surface area contributed by atoms with Crippen molar-refractivity contribution in [3.05, 3.63) is 59.0 Å². The zero-order valence-electron chi connectivity index (χ0n) is 12.1. The van der Waals surface area contributed by atoms with Crippen molar-refractivity contribution < 1.29 is 9.13 Å². The van der Waals surface area contributed by atoms with Crippen LogP contribution in [0.1, 0.15) is 5.56 Å². The van der Waals surface area contributed by atoms with Crippen molar-refractivity contribution in [1.29, 1.82) is 0 Å². The summed E-state index contributed by atoms with van der Waals surface area (Å²) in [6.07, 6.45) is 2.51. The Kier molecular flexibility index (Phi) is 4.05. The van der Waals surface area contributed by atoms with Gasteiger partial charge in [-0.25, -0.2) is 4.39 Å². The molecule has 0 saturated carbocycles. The molecule has 0 amide bonds. The topological polar surface area (TPSA) is 40.2 Å². The van der Waals surface area contributed by atoms with Crippen molar-refractivity contribution in [3.8, 4) is 11.5 Å². The standard InChI is InChI=1S/C17H16ClFN2O/c1-21-7-5-11-8-13(2-3-16(11)21)22-17-10-14(18)15(19)9-12(17)4-6-20/h2-3,5,7-10H,4,6,20H2,1H3. The number of ether oxygens (including phenoxy) is 1. The van der Waals surface area contributed by atoms with Crippen molar-refractivity contribution in [2.24, 2.45) is 12.8 Å². The van der Waals surface area contributed by atoms with E-state index >= 15 is 0 Å². The van der Waals surface area contributed by atoms with Gasteiger partial charge in [0.05, 0.1) is 5.02 Å². The SMILES string of the molecule is Cn1ccc2cc(Oc3cc(Cl)c(F)cc3CCN)ccc21. The van der Waals surface area contributed by atoms with E-state index in [0.717, 1.165) is 10.9 Å². The van der Waals surface area contributed by atoms with E-state index in [2.05, 4.69) is 0 Å². The second-order valence-electron chi connectivity index (χ2n) is 5.16. The maximum absolute atomic E-state index is 13.6. The van der Waals surface area contributed by atoms with Crippen LogP contribution in [0.5, 0.6) is 11.5 Å². The molecule has 0 aliphatic heterocycles. The van der Waals surface area contributed by atoms with Gasteiger partial charge in [-0.3, -0.25) is 0 Å². The molecule has 114 valence electrons. The molecule has 0 fully saturated rings. The molecule has 3 aromatic rings. The molecule has 1 aromatic heterocycles. The molecule has 0 unspecified atom stereocenters. The molecule has 0 aliphatic carbocycles. The summed E-state index contributed by atoms with van der Waals surface area (Å²) in [6, 6.07) is 10.7. The highest BCUT2D eigenvalue weighted by molar-refractivity contribution is 6.30. The van der Waals surface area contributed by atoms with Crippen molar-refractivity contribution in [3.63, 3.8) is 0 Å². The zero-order chi connectivity index (χ0) is 15.7. The second kappa shape index (κ2) is 5.99. The summed E-state index contributed by atoms with van der Waals surface area (Å²) in [5, 5.41) is 1.12. The van der Waals surface area contributed by atoms with Crippen LogP contribution < -0.4 is 10.5 Å². The van der Waals surface area contributed by atoms with Crippen LogP contribution in [-0.4, -0.2) is 11.1 Å². The number of aryl methyl sites for hydroxylation is 1. The molecule has 0 aliphatic rings. The van der Waals surface area contributed by atoms with Gasteiger partial charge in [-0.05, 0) is 48.9 Å². The van der Waals surface area contributed by atoms with Crippen molar-refractivity contribution in [2.75, 3.05) is 6.54 Å². The van der Waals surface area contributed by atoms with Crippen LogP contribution in [0, 0.1) is 5.82 Å². The van der Waals surface area contributed by atoms with Crippen LogP contribution in [0.4, 0.5) is 4.39 Å². The fraction of sp³-hybridized carbons (Fsp3) is 0.176. The predicted molar refractivity (Wildman–Crippen MR) is 87.2 cm³/mol. The smallest absolute Gasteiger partial charge is 0.142 e. The highest BCUT2D eigenvalue weighted by Gasteiger charge is 2.11. The summed E-state index contributed by atoms with van der Waals surface area (Å²) in [5.41, 5.74) is 7.40. The van der Waals surface area contributed by atoms with E-state index in [4.69, 9.17) is 22.1 Å². The van der Waals surface area contributed by atoms with Crippen LogP contribution in [-0.2, 0) is 13.5 Å². The first kappa shape index (κ1) is 14.9. The van der Waals surface area contributed by atoms with Crippen molar-refractivity contribution in [2.45, 2.75) is 6.42 Å².